The second-order valence-corrected chi connectivity index (χ2v) is 5.07. The molecule has 2 nitrogen and oxygen atoms in total. The number of nitrogens with one attached hydrogen (secondary N) is 1. The summed E-state index contributed by atoms with van der Waals surface area (Å²) >= 11 is 3.51. The van der Waals surface area contributed by atoms with Crippen LogP contribution in [0.2, 0.25) is 0 Å². The van der Waals surface area contributed by atoms with Gasteiger partial charge in [-0.3, -0.25) is 4.98 Å². The Bertz CT molecular complexity index is 378. The maximum absolute atomic E-state index is 4.04. The van der Waals surface area contributed by atoms with E-state index in [1.165, 1.54) is 15.3 Å². The Balaban J connectivity index is 1.81. The summed E-state index contributed by atoms with van der Waals surface area (Å²) in [6, 6.07) is 2.16. The average molecular weight is 224 g/mol. The van der Waals surface area contributed by atoms with Crippen molar-refractivity contribution in [2.24, 2.45) is 0 Å². The summed E-state index contributed by atoms with van der Waals surface area (Å²) in [6.07, 6.45) is 1.92. The molecule has 0 aliphatic carbocycles. The lowest BCUT2D eigenvalue weighted by atomic mass is 10.3. The van der Waals surface area contributed by atoms with Crippen LogP contribution in [0.3, 0.4) is 0 Å². The molecule has 0 aromatic carbocycles. The molecule has 0 fully saturated rings. The molecule has 74 valence electrons. The van der Waals surface area contributed by atoms with Crippen molar-refractivity contribution < 1.29 is 0 Å². The monoisotopic (exact) mass is 224 g/mol. The minimum Gasteiger partial charge on any atom is -0.307 e. The lowest BCUT2D eigenvalue weighted by Gasteiger charge is -2.01. The van der Waals surface area contributed by atoms with Crippen molar-refractivity contribution in [2.75, 3.05) is 0 Å². The minimum absolute atomic E-state index is 0.919. The number of thiophene rings is 1. The van der Waals surface area contributed by atoms with Crippen LogP contribution in [0.25, 0.3) is 0 Å². The highest BCUT2D eigenvalue weighted by Gasteiger charge is 1.99. The van der Waals surface area contributed by atoms with Crippen LogP contribution in [-0.4, -0.2) is 4.98 Å². The zero-order valence-electron chi connectivity index (χ0n) is 7.99. The molecule has 0 radical (unpaired) electrons. The summed E-state index contributed by atoms with van der Waals surface area (Å²) in [5.41, 5.74) is 3.25. The summed E-state index contributed by atoms with van der Waals surface area (Å²) in [5.74, 6) is 0. The van der Waals surface area contributed by atoms with Gasteiger partial charge in [0.2, 0.25) is 0 Å². The fourth-order valence-corrected chi connectivity index (χ4v) is 2.65. The molecule has 0 saturated carbocycles. The van der Waals surface area contributed by atoms with Gasteiger partial charge in [-0.25, -0.2) is 0 Å². The molecule has 0 bridgehead atoms. The number of nitrogens with zero attached hydrogens (tertiary/aromatic N) is 1. The Kier molecular flexibility index (Phi) is 3.29. The Hall–Kier alpha value is -0.710. The third-order valence-corrected chi connectivity index (χ3v) is 3.84. The Morgan fingerprint density at radius 2 is 2.29 bits per heavy atom. The molecule has 2 aromatic heterocycles. The van der Waals surface area contributed by atoms with Gasteiger partial charge in [-0.2, -0.15) is 0 Å². The van der Waals surface area contributed by atoms with E-state index in [4.69, 9.17) is 0 Å². The molecule has 0 aliphatic heterocycles. The normalized spacial score (nSPS) is 10.6. The smallest absolute Gasteiger partial charge is 0.0794 e. The number of aryl methyl sites for hydroxylation is 1. The molecule has 0 saturated heterocycles. The quantitative estimate of drug-likeness (QED) is 0.864. The molecule has 0 spiro atoms. The van der Waals surface area contributed by atoms with E-state index in [1.807, 2.05) is 23.0 Å². The largest absolute Gasteiger partial charge is 0.307 e. The van der Waals surface area contributed by atoms with Crippen LogP contribution in [0, 0.1) is 6.92 Å². The Labute approximate surface area is 91.6 Å². The molecule has 4 heteroatoms. The van der Waals surface area contributed by atoms with Crippen LogP contribution >= 0.6 is 22.7 Å². The number of thiazole rings is 1. The number of rotatable bonds is 4. The number of hydrogen-bond acceptors (Lipinski definition) is 4. The van der Waals surface area contributed by atoms with Crippen LogP contribution in [-0.2, 0) is 13.1 Å². The highest BCUT2D eigenvalue weighted by atomic mass is 32.1. The van der Waals surface area contributed by atoms with Gasteiger partial charge in [-0.1, -0.05) is 0 Å². The topological polar surface area (TPSA) is 24.9 Å². The first-order valence-electron chi connectivity index (χ1n) is 4.47. The fourth-order valence-electron chi connectivity index (χ4n) is 1.21. The van der Waals surface area contributed by atoms with Crippen molar-refractivity contribution in [1.82, 2.24) is 10.3 Å². The molecule has 0 aliphatic rings. The van der Waals surface area contributed by atoms with E-state index in [0.717, 1.165) is 13.1 Å². The van der Waals surface area contributed by atoms with Gasteiger partial charge < -0.3 is 5.32 Å². The van der Waals surface area contributed by atoms with E-state index < -0.39 is 0 Å². The Morgan fingerprint density at radius 1 is 1.36 bits per heavy atom. The van der Waals surface area contributed by atoms with Gasteiger partial charge in [0, 0.05) is 29.0 Å². The van der Waals surface area contributed by atoms with E-state index >= 15 is 0 Å². The van der Waals surface area contributed by atoms with E-state index in [-0.39, 0.29) is 0 Å². The highest BCUT2D eigenvalue weighted by Crippen LogP contribution is 2.15. The Morgan fingerprint density at radius 3 is 2.93 bits per heavy atom. The zero-order chi connectivity index (χ0) is 9.80. The van der Waals surface area contributed by atoms with Crippen LogP contribution in [0.5, 0.6) is 0 Å². The van der Waals surface area contributed by atoms with Crippen molar-refractivity contribution in [3.8, 4) is 0 Å². The van der Waals surface area contributed by atoms with E-state index in [1.54, 1.807) is 11.3 Å². The van der Waals surface area contributed by atoms with Crippen LogP contribution in [0.1, 0.15) is 15.3 Å². The lowest BCUT2D eigenvalue weighted by Crippen LogP contribution is -2.11. The van der Waals surface area contributed by atoms with Crippen molar-refractivity contribution in [3.63, 3.8) is 0 Å². The van der Waals surface area contributed by atoms with Gasteiger partial charge in [0.25, 0.3) is 0 Å². The van der Waals surface area contributed by atoms with Crippen molar-refractivity contribution in [1.29, 1.82) is 0 Å². The van der Waals surface area contributed by atoms with Crippen LogP contribution in [0.4, 0.5) is 0 Å². The first kappa shape index (κ1) is 9.83. The molecule has 0 unspecified atom stereocenters. The lowest BCUT2D eigenvalue weighted by molar-refractivity contribution is 0.705. The van der Waals surface area contributed by atoms with Gasteiger partial charge in [0.05, 0.1) is 5.51 Å². The highest BCUT2D eigenvalue weighted by molar-refractivity contribution is 7.10. The van der Waals surface area contributed by atoms with E-state index in [0.29, 0.717) is 0 Å². The molecule has 2 aromatic rings. The number of aromatic nitrogens is 1. The maximum Gasteiger partial charge on any atom is 0.0794 e. The van der Waals surface area contributed by atoms with Gasteiger partial charge in [0.15, 0.2) is 0 Å². The molecule has 1 N–H and O–H groups in total. The van der Waals surface area contributed by atoms with Crippen LogP contribution in [0.15, 0.2) is 23.2 Å². The standard InChI is InChI=1S/C10H12N2S2/c1-8-2-3-13-10(8)6-11-4-9-5-12-7-14-9/h2-3,5,7,11H,4,6H2,1H3. The molecule has 14 heavy (non-hydrogen) atoms. The molecule has 0 amide bonds. The first-order chi connectivity index (χ1) is 6.86. The molecular weight excluding hydrogens is 212 g/mol. The van der Waals surface area contributed by atoms with Crippen molar-refractivity contribution in [2.45, 2.75) is 20.0 Å². The predicted molar refractivity (Wildman–Crippen MR) is 61.7 cm³/mol. The maximum atomic E-state index is 4.04. The third-order valence-electron chi connectivity index (χ3n) is 2.04. The van der Waals surface area contributed by atoms with E-state index in [2.05, 4.69) is 28.7 Å². The predicted octanol–water partition coefficient (Wildman–Crippen LogP) is 2.80. The summed E-state index contributed by atoms with van der Waals surface area (Å²) in [4.78, 5) is 6.75. The molecular formula is C10H12N2S2. The molecule has 2 rings (SSSR count). The van der Waals surface area contributed by atoms with Gasteiger partial charge in [0.1, 0.15) is 0 Å². The van der Waals surface area contributed by atoms with Gasteiger partial charge >= 0.3 is 0 Å². The SMILES string of the molecule is Cc1ccsc1CNCc1cncs1. The zero-order valence-corrected chi connectivity index (χ0v) is 9.62. The van der Waals surface area contributed by atoms with Crippen molar-refractivity contribution >= 4 is 22.7 Å². The minimum atomic E-state index is 0.919. The summed E-state index contributed by atoms with van der Waals surface area (Å²) < 4.78 is 0. The third kappa shape index (κ3) is 2.41. The van der Waals surface area contributed by atoms with Gasteiger partial charge in [-0.05, 0) is 23.9 Å². The number of hydrogen-bond donors (Lipinski definition) is 1. The first-order valence-corrected chi connectivity index (χ1v) is 6.23. The van der Waals surface area contributed by atoms with Gasteiger partial charge in [-0.15, -0.1) is 22.7 Å². The second kappa shape index (κ2) is 4.68. The fraction of sp³-hybridized carbons (Fsp3) is 0.300. The molecule has 0 atom stereocenters. The second-order valence-electron chi connectivity index (χ2n) is 3.10. The summed E-state index contributed by atoms with van der Waals surface area (Å²) in [6.45, 7) is 4.03. The molecule has 2 heterocycles. The van der Waals surface area contributed by atoms with Crippen LogP contribution < -0.4 is 5.32 Å². The van der Waals surface area contributed by atoms with Crippen molar-refractivity contribution in [3.05, 3.63) is 38.5 Å². The van der Waals surface area contributed by atoms with E-state index in [9.17, 15) is 0 Å². The average Bonchev–Trinajstić information content (AvgIpc) is 2.78. The summed E-state index contributed by atoms with van der Waals surface area (Å²) in [7, 11) is 0. The summed E-state index contributed by atoms with van der Waals surface area (Å²) in [5, 5.41) is 5.55.